The number of carboxylic acid groups (broad SMARTS) is 1. The molecule has 1 radical (unpaired) electrons. The zero-order valence-corrected chi connectivity index (χ0v) is 21.4. The van der Waals surface area contributed by atoms with E-state index in [1.807, 2.05) is 13.0 Å². The molecule has 0 saturated heterocycles. The van der Waals surface area contributed by atoms with Crippen LogP contribution >= 0.6 is 11.3 Å². The Balaban J connectivity index is 0.00000341. The molecular formula is C20H19F3KN4O2S. The summed E-state index contributed by atoms with van der Waals surface area (Å²) in [4.78, 5) is 23.9. The van der Waals surface area contributed by atoms with Crippen LogP contribution in [0.4, 0.5) is 24.8 Å². The number of aromatic nitrogens is 3. The number of aryl methyl sites for hydroxylation is 1. The first-order chi connectivity index (χ1) is 13.9. The van der Waals surface area contributed by atoms with Gasteiger partial charge in [-0.15, -0.1) is 11.3 Å². The van der Waals surface area contributed by atoms with E-state index in [0.717, 1.165) is 28.3 Å². The fourth-order valence-corrected chi connectivity index (χ4v) is 3.82. The summed E-state index contributed by atoms with van der Waals surface area (Å²) in [5.41, 5.74) is 0.255. The number of carboxylic acids is 1. The SMILES string of the molecule is Cc1cc(Nc2nccc(C(F)(F)F)n2)cc(-c2cnc(CC(C)(C)C(=O)O)s2)c1.[K]. The molecule has 31 heavy (non-hydrogen) atoms. The van der Waals surface area contributed by atoms with Crippen LogP contribution in [0.25, 0.3) is 10.4 Å². The Kier molecular flexibility index (Phi) is 8.39. The van der Waals surface area contributed by atoms with Gasteiger partial charge in [0.2, 0.25) is 5.95 Å². The topological polar surface area (TPSA) is 88.0 Å². The molecular weight excluding hydrogens is 456 g/mol. The van der Waals surface area contributed by atoms with Crippen LogP contribution in [-0.4, -0.2) is 77.4 Å². The Morgan fingerprint density at radius 2 is 1.90 bits per heavy atom. The molecule has 159 valence electrons. The van der Waals surface area contributed by atoms with Gasteiger partial charge in [0.25, 0.3) is 0 Å². The van der Waals surface area contributed by atoms with Gasteiger partial charge in [-0.05, 0) is 50.1 Å². The van der Waals surface area contributed by atoms with Gasteiger partial charge in [-0.25, -0.2) is 15.0 Å². The predicted molar refractivity (Wildman–Crippen MR) is 113 cm³/mol. The molecule has 0 fully saturated rings. The number of anilines is 2. The van der Waals surface area contributed by atoms with E-state index in [9.17, 15) is 23.1 Å². The molecule has 6 nitrogen and oxygen atoms in total. The van der Waals surface area contributed by atoms with Crippen molar-refractivity contribution in [1.82, 2.24) is 15.0 Å². The molecule has 0 spiro atoms. The smallest absolute Gasteiger partial charge is 0.433 e. The predicted octanol–water partition coefficient (Wildman–Crippen LogP) is 4.94. The minimum Gasteiger partial charge on any atom is -0.481 e. The number of halogens is 3. The third-order valence-electron chi connectivity index (χ3n) is 4.29. The van der Waals surface area contributed by atoms with Gasteiger partial charge >= 0.3 is 12.1 Å². The molecule has 3 rings (SSSR count). The second kappa shape index (κ2) is 10.0. The Labute approximate surface area is 223 Å². The molecule has 2 heterocycles. The number of rotatable bonds is 6. The molecule has 11 heteroatoms. The Morgan fingerprint density at radius 3 is 2.55 bits per heavy atom. The van der Waals surface area contributed by atoms with Gasteiger partial charge in [-0.3, -0.25) is 4.79 Å². The van der Waals surface area contributed by atoms with Crippen LogP contribution in [0.15, 0.2) is 36.7 Å². The van der Waals surface area contributed by atoms with E-state index in [-0.39, 0.29) is 57.3 Å². The zero-order valence-electron chi connectivity index (χ0n) is 17.4. The van der Waals surface area contributed by atoms with Gasteiger partial charge in [0, 0.05) is 75.9 Å². The summed E-state index contributed by atoms with van der Waals surface area (Å²) in [6, 6.07) is 6.25. The number of thiazole rings is 1. The van der Waals surface area contributed by atoms with Crippen molar-refractivity contribution in [3.05, 3.63) is 52.9 Å². The van der Waals surface area contributed by atoms with Crippen molar-refractivity contribution in [2.75, 3.05) is 5.32 Å². The van der Waals surface area contributed by atoms with Crippen LogP contribution in [-0.2, 0) is 17.4 Å². The summed E-state index contributed by atoms with van der Waals surface area (Å²) in [7, 11) is 0. The van der Waals surface area contributed by atoms with Crippen LogP contribution in [0.2, 0.25) is 0 Å². The van der Waals surface area contributed by atoms with E-state index in [1.54, 1.807) is 32.2 Å². The van der Waals surface area contributed by atoms with Gasteiger partial charge in [0.15, 0.2) is 0 Å². The van der Waals surface area contributed by atoms with Crippen LogP contribution in [0, 0.1) is 12.3 Å². The van der Waals surface area contributed by atoms with Gasteiger partial charge in [0.1, 0.15) is 5.69 Å². The minimum atomic E-state index is -4.56. The third-order valence-corrected chi connectivity index (χ3v) is 5.34. The first kappa shape index (κ1) is 25.9. The molecule has 2 N–H and O–H groups in total. The second-order valence-electron chi connectivity index (χ2n) is 7.46. The number of alkyl halides is 3. The molecule has 0 saturated carbocycles. The van der Waals surface area contributed by atoms with Crippen LogP contribution < -0.4 is 5.32 Å². The average Bonchev–Trinajstić information content (AvgIpc) is 3.08. The number of hydrogen-bond donors (Lipinski definition) is 2. The maximum absolute atomic E-state index is 12.9. The van der Waals surface area contributed by atoms with Crippen molar-refractivity contribution >= 4 is 80.3 Å². The van der Waals surface area contributed by atoms with Crippen molar-refractivity contribution in [3.8, 4) is 10.4 Å². The summed E-state index contributed by atoms with van der Waals surface area (Å²) in [6.45, 7) is 5.14. The fourth-order valence-electron chi connectivity index (χ4n) is 2.68. The largest absolute Gasteiger partial charge is 0.481 e. The van der Waals surface area contributed by atoms with Crippen molar-refractivity contribution < 1.29 is 23.1 Å². The summed E-state index contributed by atoms with van der Waals surface area (Å²) < 4.78 is 38.6. The number of nitrogens with one attached hydrogen (secondary N) is 1. The summed E-state index contributed by atoms with van der Waals surface area (Å²) >= 11 is 1.38. The van der Waals surface area contributed by atoms with E-state index < -0.39 is 23.3 Å². The van der Waals surface area contributed by atoms with Gasteiger partial charge in [-0.2, -0.15) is 13.2 Å². The quantitative estimate of drug-likeness (QED) is 0.491. The van der Waals surface area contributed by atoms with Crippen LogP contribution in [0.3, 0.4) is 0 Å². The molecule has 0 bridgehead atoms. The maximum Gasteiger partial charge on any atom is 0.433 e. The van der Waals surface area contributed by atoms with Crippen LogP contribution in [0.1, 0.15) is 30.1 Å². The summed E-state index contributed by atoms with van der Waals surface area (Å²) in [5.74, 6) is -1.06. The van der Waals surface area contributed by atoms with Crippen molar-refractivity contribution in [3.63, 3.8) is 0 Å². The Morgan fingerprint density at radius 1 is 1.19 bits per heavy atom. The zero-order chi connectivity index (χ0) is 22.1. The molecule has 1 aromatic carbocycles. The van der Waals surface area contributed by atoms with Crippen LogP contribution in [0.5, 0.6) is 0 Å². The van der Waals surface area contributed by atoms with E-state index in [1.165, 1.54) is 11.3 Å². The van der Waals surface area contributed by atoms with Gasteiger partial charge < -0.3 is 10.4 Å². The normalized spacial score (nSPS) is 11.7. The second-order valence-corrected chi connectivity index (χ2v) is 8.58. The standard InChI is InChI=1S/C20H19F3N4O2S.K/c1-11-6-12(14-10-25-16(30-14)9-19(2,3)17(28)29)8-13(7-11)26-18-24-5-4-15(27-18)20(21,22)23;/h4-8,10H,9H2,1-3H3,(H,28,29)(H,24,26,27);. The molecule has 0 aliphatic heterocycles. The van der Waals surface area contributed by atoms with E-state index in [4.69, 9.17) is 0 Å². The van der Waals surface area contributed by atoms with E-state index in [0.29, 0.717) is 17.1 Å². The number of nitrogens with zero attached hydrogens (tertiary/aromatic N) is 3. The molecule has 0 unspecified atom stereocenters. The van der Waals surface area contributed by atoms with E-state index >= 15 is 0 Å². The van der Waals surface area contributed by atoms with Gasteiger partial charge in [0.05, 0.1) is 15.3 Å². The number of aliphatic carboxylic acids is 1. The third kappa shape index (κ3) is 6.80. The Hall–Kier alpha value is -1.37. The minimum absolute atomic E-state index is 0. The van der Waals surface area contributed by atoms with Crippen molar-refractivity contribution in [2.24, 2.45) is 5.41 Å². The molecule has 2 aromatic heterocycles. The Bertz CT molecular complexity index is 1090. The fraction of sp³-hybridized carbons (Fsp3) is 0.300. The molecule has 0 aliphatic rings. The molecule has 3 aromatic rings. The monoisotopic (exact) mass is 475 g/mol. The van der Waals surface area contributed by atoms with Gasteiger partial charge in [-0.1, -0.05) is 6.07 Å². The molecule has 0 atom stereocenters. The van der Waals surface area contributed by atoms with Crippen molar-refractivity contribution in [1.29, 1.82) is 0 Å². The first-order valence-electron chi connectivity index (χ1n) is 8.91. The summed E-state index contributed by atoms with van der Waals surface area (Å²) in [6.07, 6.45) is -1.55. The summed E-state index contributed by atoms with van der Waals surface area (Å²) in [5, 5.41) is 12.8. The maximum atomic E-state index is 12.9. The average molecular weight is 476 g/mol. The van der Waals surface area contributed by atoms with E-state index in [2.05, 4.69) is 20.3 Å². The molecule has 0 aliphatic carbocycles. The number of carbonyl (C=O) groups is 1. The first-order valence-corrected chi connectivity index (χ1v) is 9.73. The molecule has 0 amide bonds. The number of hydrogen-bond acceptors (Lipinski definition) is 6. The number of benzene rings is 1. The van der Waals surface area contributed by atoms with Crippen molar-refractivity contribution in [2.45, 2.75) is 33.4 Å².